The first-order valence-corrected chi connectivity index (χ1v) is 15.3. The molecule has 35 heavy (non-hydrogen) atoms. The Hall–Kier alpha value is -1.10. The van der Waals surface area contributed by atoms with Crippen molar-refractivity contribution in [3.05, 3.63) is 0 Å². The minimum Gasteiger partial charge on any atom is -0.464 e. The van der Waals surface area contributed by atoms with E-state index in [0.29, 0.717) is 26.0 Å². The molecule has 1 amide bonds. The highest BCUT2D eigenvalue weighted by Crippen LogP contribution is 2.14. The number of esters is 1. The van der Waals surface area contributed by atoms with Gasteiger partial charge in [-0.05, 0) is 38.6 Å². The van der Waals surface area contributed by atoms with Crippen LogP contribution >= 0.6 is 0 Å². The van der Waals surface area contributed by atoms with Crippen molar-refractivity contribution in [1.29, 1.82) is 0 Å². The molecule has 0 aromatic carbocycles. The van der Waals surface area contributed by atoms with Gasteiger partial charge >= 0.3 is 5.97 Å². The van der Waals surface area contributed by atoms with E-state index >= 15 is 0 Å². The van der Waals surface area contributed by atoms with Crippen molar-refractivity contribution in [1.82, 2.24) is 5.32 Å². The molecular weight excluding hydrogens is 436 g/mol. The van der Waals surface area contributed by atoms with E-state index < -0.39 is 6.04 Å². The van der Waals surface area contributed by atoms with E-state index in [4.69, 9.17) is 10.5 Å². The minimum absolute atomic E-state index is 0.0313. The van der Waals surface area contributed by atoms with Gasteiger partial charge in [-0.25, -0.2) is 4.79 Å². The number of carbonyl (C=O) groups is 2. The Morgan fingerprint density at radius 1 is 0.629 bits per heavy atom. The number of ether oxygens (including phenoxy) is 1. The quantitative estimate of drug-likeness (QED) is 0.0892. The van der Waals surface area contributed by atoms with Gasteiger partial charge in [-0.3, -0.25) is 4.79 Å². The second-order valence-electron chi connectivity index (χ2n) is 10.3. The first kappa shape index (κ1) is 33.9. The van der Waals surface area contributed by atoms with Crippen molar-refractivity contribution in [2.75, 3.05) is 13.2 Å². The number of amides is 1. The molecule has 0 aliphatic rings. The van der Waals surface area contributed by atoms with Gasteiger partial charge < -0.3 is 15.8 Å². The fourth-order valence-electron chi connectivity index (χ4n) is 4.44. The molecule has 0 aromatic heterocycles. The minimum atomic E-state index is -0.531. The Morgan fingerprint density at radius 2 is 1.09 bits per heavy atom. The van der Waals surface area contributed by atoms with Crippen LogP contribution in [0.3, 0.4) is 0 Å². The number of rotatable bonds is 27. The Kier molecular flexibility index (Phi) is 26.6. The third kappa shape index (κ3) is 24.4. The van der Waals surface area contributed by atoms with Gasteiger partial charge in [-0.15, -0.1) is 0 Å². The molecule has 0 radical (unpaired) electrons. The normalized spacial score (nSPS) is 12.0. The van der Waals surface area contributed by atoms with Crippen molar-refractivity contribution >= 4 is 11.9 Å². The Morgan fingerprint density at radius 3 is 1.54 bits per heavy atom. The van der Waals surface area contributed by atoms with Gasteiger partial charge in [-0.1, -0.05) is 123 Å². The second kappa shape index (κ2) is 27.5. The van der Waals surface area contributed by atoms with Crippen LogP contribution in [0.25, 0.3) is 0 Å². The Labute approximate surface area is 218 Å². The summed E-state index contributed by atoms with van der Waals surface area (Å²) in [6, 6.07) is -0.531. The highest BCUT2D eigenvalue weighted by atomic mass is 16.5. The van der Waals surface area contributed by atoms with Crippen LogP contribution in [-0.4, -0.2) is 31.1 Å². The van der Waals surface area contributed by atoms with Crippen molar-refractivity contribution < 1.29 is 14.3 Å². The molecular formula is C30H60N2O3. The van der Waals surface area contributed by atoms with E-state index in [-0.39, 0.29) is 11.9 Å². The molecule has 0 unspecified atom stereocenters. The summed E-state index contributed by atoms with van der Waals surface area (Å²) < 4.78 is 5.33. The van der Waals surface area contributed by atoms with Crippen molar-refractivity contribution in [3.63, 3.8) is 0 Å². The molecule has 1 atom stereocenters. The van der Waals surface area contributed by atoms with E-state index in [1.54, 1.807) is 0 Å². The van der Waals surface area contributed by atoms with E-state index in [9.17, 15) is 9.59 Å². The van der Waals surface area contributed by atoms with Crippen LogP contribution in [0.15, 0.2) is 0 Å². The van der Waals surface area contributed by atoms with Crippen molar-refractivity contribution in [2.45, 2.75) is 168 Å². The molecule has 0 aliphatic heterocycles. The van der Waals surface area contributed by atoms with E-state index in [1.807, 2.05) is 0 Å². The van der Waals surface area contributed by atoms with Gasteiger partial charge in [0.05, 0.1) is 6.61 Å². The molecule has 0 aromatic rings. The van der Waals surface area contributed by atoms with Gasteiger partial charge in [0.25, 0.3) is 0 Å². The van der Waals surface area contributed by atoms with Crippen molar-refractivity contribution in [2.24, 2.45) is 5.73 Å². The third-order valence-electron chi connectivity index (χ3n) is 6.82. The van der Waals surface area contributed by atoms with Crippen LogP contribution in [0.5, 0.6) is 0 Å². The number of hydrogen-bond acceptors (Lipinski definition) is 4. The molecule has 0 rings (SSSR count). The SMILES string of the molecule is CCCCCCCCCCCCCCCCCCCC(=O)N[C@@H](CCCCN)C(=O)OCCCC. The number of unbranched alkanes of at least 4 members (excludes halogenated alkanes) is 18. The van der Waals surface area contributed by atoms with Gasteiger partial charge in [0.15, 0.2) is 0 Å². The predicted octanol–water partition coefficient (Wildman–Crippen LogP) is 7.99. The lowest BCUT2D eigenvalue weighted by Crippen LogP contribution is -2.42. The summed E-state index contributed by atoms with van der Waals surface area (Å²) in [6.45, 7) is 5.37. The zero-order valence-corrected chi connectivity index (χ0v) is 23.6. The fraction of sp³-hybridized carbons (Fsp3) is 0.933. The summed E-state index contributed by atoms with van der Waals surface area (Å²) in [5.74, 6) is -0.331. The molecule has 0 fully saturated rings. The molecule has 0 spiro atoms. The third-order valence-corrected chi connectivity index (χ3v) is 6.82. The molecule has 0 bridgehead atoms. The average Bonchev–Trinajstić information content (AvgIpc) is 2.85. The summed E-state index contributed by atoms with van der Waals surface area (Å²) in [7, 11) is 0. The molecule has 0 heterocycles. The smallest absolute Gasteiger partial charge is 0.328 e. The maximum Gasteiger partial charge on any atom is 0.328 e. The molecule has 0 saturated carbocycles. The number of hydrogen-bond donors (Lipinski definition) is 2. The lowest BCUT2D eigenvalue weighted by Gasteiger charge is -2.17. The lowest BCUT2D eigenvalue weighted by atomic mass is 10.0. The standard InChI is InChI=1S/C30H60N2O3/c1-3-5-7-8-9-10-11-12-13-14-15-16-17-18-19-20-21-25-29(33)32-28(24-22-23-26-31)30(34)35-27-6-4-2/h28H,3-27,31H2,1-2H3,(H,32,33)/t28-/m0/s1. The van der Waals surface area contributed by atoms with Gasteiger partial charge in [-0.2, -0.15) is 0 Å². The zero-order valence-electron chi connectivity index (χ0n) is 23.6. The Bertz CT molecular complexity index is 471. The fourth-order valence-corrected chi connectivity index (χ4v) is 4.44. The van der Waals surface area contributed by atoms with Crippen LogP contribution in [0.1, 0.15) is 162 Å². The molecule has 3 N–H and O–H groups in total. The first-order valence-electron chi connectivity index (χ1n) is 15.3. The highest BCUT2D eigenvalue weighted by Gasteiger charge is 2.21. The largest absolute Gasteiger partial charge is 0.464 e. The monoisotopic (exact) mass is 496 g/mol. The van der Waals surface area contributed by atoms with Crippen LogP contribution in [0, 0.1) is 0 Å². The zero-order chi connectivity index (χ0) is 25.8. The number of carbonyl (C=O) groups excluding carboxylic acids is 2. The topological polar surface area (TPSA) is 81.4 Å². The van der Waals surface area contributed by atoms with Crippen LogP contribution in [0.4, 0.5) is 0 Å². The highest BCUT2D eigenvalue weighted by molar-refractivity contribution is 5.84. The molecule has 5 heteroatoms. The summed E-state index contributed by atoms with van der Waals surface area (Å²) in [5.41, 5.74) is 5.56. The molecule has 208 valence electrons. The van der Waals surface area contributed by atoms with Crippen molar-refractivity contribution in [3.8, 4) is 0 Å². The van der Waals surface area contributed by atoms with Crippen LogP contribution < -0.4 is 11.1 Å². The van der Waals surface area contributed by atoms with Gasteiger partial charge in [0.2, 0.25) is 5.91 Å². The van der Waals surface area contributed by atoms with E-state index in [0.717, 1.165) is 38.5 Å². The Balaban J connectivity index is 3.64. The van der Waals surface area contributed by atoms with Gasteiger partial charge in [0.1, 0.15) is 6.04 Å². The average molecular weight is 497 g/mol. The van der Waals surface area contributed by atoms with Gasteiger partial charge in [0, 0.05) is 6.42 Å². The first-order chi connectivity index (χ1) is 17.2. The maximum atomic E-state index is 12.3. The second-order valence-corrected chi connectivity index (χ2v) is 10.3. The molecule has 5 nitrogen and oxygen atoms in total. The summed E-state index contributed by atoms with van der Waals surface area (Å²) >= 11 is 0. The predicted molar refractivity (Wildman–Crippen MR) is 149 cm³/mol. The number of nitrogens with two attached hydrogens (primary N) is 1. The van der Waals surface area contributed by atoms with Crippen LogP contribution in [0.2, 0.25) is 0 Å². The maximum absolute atomic E-state index is 12.3. The summed E-state index contributed by atoms with van der Waals surface area (Å²) in [5, 5.41) is 2.90. The summed E-state index contributed by atoms with van der Waals surface area (Å²) in [4.78, 5) is 24.6. The summed E-state index contributed by atoms with van der Waals surface area (Å²) in [6.07, 6.45) is 27.2. The lowest BCUT2D eigenvalue weighted by molar-refractivity contribution is -0.148. The molecule has 0 aliphatic carbocycles. The molecule has 0 saturated heterocycles. The van der Waals surface area contributed by atoms with Crippen LogP contribution in [-0.2, 0) is 14.3 Å². The number of nitrogens with one attached hydrogen (secondary N) is 1. The van der Waals surface area contributed by atoms with E-state index in [1.165, 1.54) is 96.3 Å². The van der Waals surface area contributed by atoms with E-state index in [2.05, 4.69) is 19.2 Å².